The summed E-state index contributed by atoms with van der Waals surface area (Å²) < 4.78 is 10.7. The van der Waals surface area contributed by atoms with E-state index in [0.717, 1.165) is 24.8 Å². The molecule has 3 fully saturated rings. The number of benzene rings is 1. The first-order valence-corrected chi connectivity index (χ1v) is 11.9. The highest BCUT2D eigenvalue weighted by Crippen LogP contribution is 2.61. The zero-order valence-electron chi connectivity index (χ0n) is 19.8. The first-order chi connectivity index (χ1) is 16.1. The van der Waals surface area contributed by atoms with Crippen LogP contribution < -0.4 is 0 Å². The number of carbonyl (C=O) groups excluding carboxylic acids is 2. The van der Waals surface area contributed by atoms with Gasteiger partial charge in [-0.1, -0.05) is 44.2 Å². The molecule has 0 spiro atoms. The lowest BCUT2D eigenvalue weighted by atomic mass is 9.46. The molecule has 1 aromatic carbocycles. The van der Waals surface area contributed by atoms with E-state index in [1.54, 1.807) is 18.2 Å². The molecular formula is C27H34O7. The van der Waals surface area contributed by atoms with E-state index in [4.69, 9.17) is 9.47 Å². The number of fused-ring (bicyclic) bond motifs is 1. The maximum Gasteiger partial charge on any atom is 0.342 e. The maximum atomic E-state index is 12.6. The van der Waals surface area contributed by atoms with Crippen molar-refractivity contribution in [3.63, 3.8) is 0 Å². The van der Waals surface area contributed by atoms with Crippen LogP contribution in [0.5, 0.6) is 5.75 Å². The fourth-order valence-corrected chi connectivity index (χ4v) is 6.49. The number of phenols is 1. The zero-order valence-corrected chi connectivity index (χ0v) is 19.8. The average molecular weight is 471 g/mol. The van der Waals surface area contributed by atoms with E-state index in [-0.39, 0.29) is 41.8 Å². The van der Waals surface area contributed by atoms with Gasteiger partial charge in [-0.25, -0.2) is 9.59 Å². The van der Waals surface area contributed by atoms with Crippen molar-refractivity contribution in [3.05, 3.63) is 53.6 Å². The summed E-state index contributed by atoms with van der Waals surface area (Å²) in [5.74, 6) is -1.25. The highest BCUT2D eigenvalue weighted by Gasteiger charge is 2.57. The Kier molecular flexibility index (Phi) is 6.62. The highest BCUT2D eigenvalue weighted by molar-refractivity contribution is 5.95. The van der Waals surface area contributed by atoms with Crippen LogP contribution in [0.4, 0.5) is 0 Å². The largest absolute Gasteiger partial charge is 0.507 e. The number of cyclic esters (lactones) is 1. The first kappa shape index (κ1) is 24.5. The number of para-hydroxylation sites is 1. The Balaban J connectivity index is 1.56. The van der Waals surface area contributed by atoms with E-state index in [1.807, 2.05) is 6.92 Å². The molecule has 3 aliphatic rings. The molecule has 4 rings (SSSR count). The van der Waals surface area contributed by atoms with E-state index >= 15 is 0 Å². The fraction of sp³-hybridized carbons (Fsp3) is 0.556. The second-order valence-corrected chi connectivity index (χ2v) is 10.4. The minimum absolute atomic E-state index is 0.0289. The molecule has 1 heterocycles. The molecule has 7 heteroatoms. The average Bonchev–Trinajstić information content (AvgIpc) is 3.15. The third kappa shape index (κ3) is 4.05. The quantitative estimate of drug-likeness (QED) is 0.343. The van der Waals surface area contributed by atoms with E-state index in [2.05, 4.69) is 13.5 Å². The second-order valence-electron chi connectivity index (χ2n) is 10.4. The Morgan fingerprint density at radius 2 is 2.03 bits per heavy atom. The molecule has 0 radical (unpaired) electrons. The van der Waals surface area contributed by atoms with Crippen LogP contribution in [0.1, 0.15) is 56.3 Å². The molecule has 0 unspecified atom stereocenters. The molecule has 6 atom stereocenters. The summed E-state index contributed by atoms with van der Waals surface area (Å²) in [7, 11) is 0. The molecule has 7 nitrogen and oxygen atoms in total. The number of aliphatic hydroxyl groups excluding tert-OH is 2. The Labute approximate surface area is 200 Å². The Morgan fingerprint density at radius 3 is 2.74 bits per heavy atom. The molecule has 2 saturated carbocycles. The standard InChI is InChI=1S/C27H34O7/c1-16-8-11-22-26(2,13-12-23(30)27(22,3)15-28)19(16)10-9-18-21(14-33-24(18)31)34-25(32)17-6-4-5-7-20(17)29/h4-7,9,19,21-23,28-30H,1,8,10-15H2,2-3H3/b18-9+/t19-,21-,22+,23-,26+,27+/m1/s1. The number of allylic oxidation sites excluding steroid dienone is 2. The van der Waals surface area contributed by atoms with Gasteiger partial charge in [-0.15, -0.1) is 0 Å². The van der Waals surface area contributed by atoms with Crippen LogP contribution >= 0.6 is 0 Å². The molecule has 0 aromatic heterocycles. The van der Waals surface area contributed by atoms with Crippen molar-refractivity contribution in [1.82, 2.24) is 0 Å². The van der Waals surface area contributed by atoms with Gasteiger partial charge in [0.1, 0.15) is 17.9 Å². The van der Waals surface area contributed by atoms with Crippen molar-refractivity contribution in [2.75, 3.05) is 13.2 Å². The number of ether oxygens (including phenoxy) is 2. The minimum Gasteiger partial charge on any atom is -0.507 e. The Hall–Kier alpha value is -2.64. The number of esters is 2. The van der Waals surface area contributed by atoms with Crippen molar-refractivity contribution in [2.24, 2.45) is 22.7 Å². The van der Waals surface area contributed by atoms with Crippen molar-refractivity contribution >= 4 is 11.9 Å². The van der Waals surface area contributed by atoms with E-state index in [0.29, 0.717) is 18.4 Å². The first-order valence-electron chi connectivity index (χ1n) is 11.9. The smallest absolute Gasteiger partial charge is 0.342 e. The van der Waals surface area contributed by atoms with Gasteiger partial charge in [-0.2, -0.15) is 0 Å². The van der Waals surface area contributed by atoms with Crippen LogP contribution in [0.2, 0.25) is 0 Å². The summed E-state index contributed by atoms with van der Waals surface area (Å²) in [4.78, 5) is 25.0. The topological polar surface area (TPSA) is 113 Å². The molecule has 2 aliphatic carbocycles. The molecule has 0 bridgehead atoms. The van der Waals surface area contributed by atoms with Crippen LogP contribution in [0.25, 0.3) is 0 Å². The van der Waals surface area contributed by atoms with E-state index < -0.39 is 29.6 Å². The SMILES string of the molecule is C=C1CC[C@@H]2[C@](C)(CO)[C@H](O)CC[C@@]2(C)[C@@H]1C/C=C1/C(=O)OC[C@H]1OC(=O)c1ccccc1O. The van der Waals surface area contributed by atoms with Gasteiger partial charge in [0.2, 0.25) is 0 Å². The number of hydrogen-bond acceptors (Lipinski definition) is 7. The number of rotatable bonds is 5. The third-order valence-electron chi connectivity index (χ3n) is 8.59. The van der Waals surface area contributed by atoms with Crippen LogP contribution in [0.15, 0.2) is 48.1 Å². The van der Waals surface area contributed by atoms with Crippen LogP contribution in [0, 0.1) is 22.7 Å². The van der Waals surface area contributed by atoms with Gasteiger partial charge in [-0.3, -0.25) is 0 Å². The fourth-order valence-electron chi connectivity index (χ4n) is 6.49. The van der Waals surface area contributed by atoms with Crippen molar-refractivity contribution in [2.45, 2.75) is 58.2 Å². The van der Waals surface area contributed by atoms with Gasteiger partial charge in [-0.05, 0) is 61.5 Å². The highest BCUT2D eigenvalue weighted by atomic mass is 16.6. The van der Waals surface area contributed by atoms with Gasteiger partial charge < -0.3 is 24.8 Å². The summed E-state index contributed by atoms with van der Waals surface area (Å²) in [6.07, 6.45) is 3.98. The van der Waals surface area contributed by atoms with Gasteiger partial charge in [0.05, 0.1) is 18.3 Å². The van der Waals surface area contributed by atoms with Crippen LogP contribution in [0.3, 0.4) is 0 Å². The number of hydrogen-bond donors (Lipinski definition) is 3. The summed E-state index contributed by atoms with van der Waals surface area (Å²) >= 11 is 0. The zero-order chi connectivity index (χ0) is 24.7. The normalized spacial score (nSPS) is 36.8. The third-order valence-corrected chi connectivity index (χ3v) is 8.59. The van der Waals surface area contributed by atoms with Gasteiger partial charge in [0, 0.05) is 5.41 Å². The predicted octanol–water partition coefficient (Wildman–Crippen LogP) is 3.53. The maximum absolute atomic E-state index is 12.6. The summed E-state index contributed by atoms with van der Waals surface area (Å²) in [5.41, 5.74) is 0.653. The van der Waals surface area contributed by atoms with Crippen LogP contribution in [-0.4, -0.2) is 52.7 Å². The molecule has 184 valence electrons. The Morgan fingerprint density at radius 1 is 1.29 bits per heavy atom. The van der Waals surface area contributed by atoms with Crippen LogP contribution in [-0.2, 0) is 14.3 Å². The van der Waals surface area contributed by atoms with Crippen molar-refractivity contribution < 1.29 is 34.4 Å². The number of aromatic hydroxyl groups is 1. The van der Waals surface area contributed by atoms with E-state index in [9.17, 15) is 24.9 Å². The van der Waals surface area contributed by atoms with Crippen molar-refractivity contribution in [3.8, 4) is 5.75 Å². The molecular weight excluding hydrogens is 436 g/mol. The second kappa shape index (κ2) is 9.19. The monoisotopic (exact) mass is 470 g/mol. The Bertz CT molecular complexity index is 1010. The molecule has 3 N–H and O–H groups in total. The number of phenolic OH excluding ortho intramolecular Hbond substituents is 1. The lowest BCUT2D eigenvalue weighted by Crippen LogP contribution is -2.57. The van der Waals surface area contributed by atoms with Gasteiger partial charge in [0.25, 0.3) is 0 Å². The molecule has 1 saturated heterocycles. The summed E-state index contributed by atoms with van der Waals surface area (Å²) in [5, 5.41) is 30.8. The van der Waals surface area contributed by atoms with Crippen molar-refractivity contribution in [1.29, 1.82) is 0 Å². The number of carbonyl (C=O) groups is 2. The van der Waals surface area contributed by atoms with Gasteiger partial charge in [0.15, 0.2) is 6.10 Å². The molecule has 1 aliphatic heterocycles. The minimum atomic E-state index is -0.851. The summed E-state index contributed by atoms with van der Waals surface area (Å²) in [6, 6.07) is 6.09. The predicted molar refractivity (Wildman–Crippen MR) is 125 cm³/mol. The van der Waals surface area contributed by atoms with E-state index in [1.165, 1.54) is 12.1 Å². The molecule has 1 aromatic rings. The summed E-state index contributed by atoms with van der Waals surface area (Å²) in [6.45, 7) is 8.35. The lowest BCUT2D eigenvalue weighted by molar-refractivity contribution is -0.151. The molecule has 34 heavy (non-hydrogen) atoms. The molecule has 0 amide bonds. The lowest BCUT2D eigenvalue weighted by Gasteiger charge is -2.59. The van der Waals surface area contributed by atoms with Gasteiger partial charge >= 0.3 is 11.9 Å². The number of aliphatic hydroxyl groups is 2.